The molecular formula is C81H142O17P2. The molecule has 0 heterocycles. The van der Waals surface area contributed by atoms with Gasteiger partial charge in [-0.1, -0.05) is 292 Å². The molecule has 0 amide bonds. The van der Waals surface area contributed by atoms with Crippen molar-refractivity contribution in [3.05, 3.63) is 97.2 Å². The zero-order valence-electron chi connectivity index (χ0n) is 63.1. The van der Waals surface area contributed by atoms with E-state index in [4.69, 9.17) is 37.0 Å². The van der Waals surface area contributed by atoms with Crippen LogP contribution in [0.4, 0.5) is 0 Å². The van der Waals surface area contributed by atoms with Crippen molar-refractivity contribution >= 4 is 39.5 Å². The molecule has 0 bridgehead atoms. The monoisotopic (exact) mass is 1450 g/mol. The first kappa shape index (κ1) is 96.0. The number of carbonyl (C=O) groups is 4. The molecule has 0 spiro atoms. The van der Waals surface area contributed by atoms with E-state index in [-0.39, 0.29) is 25.7 Å². The number of ether oxygens (including phenoxy) is 4. The Labute approximate surface area is 607 Å². The van der Waals surface area contributed by atoms with Crippen LogP contribution in [-0.4, -0.2) is 96.7 Å². The van der Waals surface area contributed by atoms with Crippen LogP contribution in [0, 0.1) is 0 Å². The molecule has 0 aliphatic rings. The minimum atomic E-state index is -4.98. The number of hydrogen-bond donors (Lipinski definition) is 3. The van der Waals surface area contributed by atoms with E-state index >= 15 is 0 Å². The van der Waals surface area contributed by atoms with Gasteiger partial charge in [-0.05, 0) is 116 Å². The van der Waals surface area contributed by atoms with E-state index in [2.05, 4.69) is 125 Å². The molecule has 17 nitrogen and oxygen atoms in total. The van der Waals surface area contributed by atoms with Gasteiger partial charge in [0.1, 0.15) is 19.3 Å². The van der Waals surface area contributed by atoms with Crippen LogP contribution in [0.15, 0.2) is 97.2 Å². The Morgan fingerprint density at radius 2 is 0.530 bits per heavy atom. The van der Waals surface area contributed by atoms with Crippen molar-refractivity contribution < 1.29 is 80.2 Å². The van der Waals surface area contributed by atoms with Gasteiger partial charge in [0.25, 0.3) is 0 Å². The second kappa shape index (κ2) is 73.3. The zero-order chi connectivity index (χ0) is 73.2. The van der Waals surface area contributed by atoms with Crippen LogP contribution in [0.3, 0.4) is 0 Å². The molecule has 0 aliphatic carbocycles. The fourth-order valence-corrected chi connectivity index (χ4v) is 12.1. The Bertz CT molecular complexity index is 2270. The van der Waals surface area contributed by atoms with Crippen LogP contribution in [-0.2, 0) is 65.4 Å². The fraction of sp³-hybridized carbons (Fsp3) is 0.753. The number of hydrogen-bond acceptors (Lipinski definition) is 15. The van der Waals surface area contributed by atoms with Crippen LogP contribution in [0.1, 0.15) is 336 Å². The molecule has 0 saturated carbocycles. The van der Waals surface area contributed by atoms with Crippen molar-refractivity contribution in [3.8, 4) is 0 Å². The van der Waals surface area contributed by atoms with Gasteiger partial charge in [-0.15, -0.1) is 0 Å². The van der Waals surface area contributed by atoms with E-state index in [0.29, 0.717) is 25.7 Å². The van der Waals surface area contributed by atoms with Crippen molar-refractivity contribution in [2.24, 2.45) is 0 Å². The number of rotatable bonds is 74. The third kappa shape index (κ3) is 72.3. The number of unbranched alkanes of at least 4 members (excludes halogenated alkanes) is 32. The zero-order valence-corrected chi connectivity index (χ0v) is 64.9. The SMILES string of the molecule is CC/C=C\C/C=C\C/C=C\C/C=C\CCCCCCC(=O)OCC(COP(=O)(O)OCC(O)COP(=O)(O)OCC(COC(=O)CCCCCCCCCCCCCCCCC)OC(=O)CCCCCCC/C=C\CCCC)OC(=O)CCCCCCCCC/C=C\C/C=C\C/C=C\CC. The fourth-order valence-electron chi connectivity index (χ4n) is 10.6. The van der Waals surface area contributed by atoms with Crippen LogP contribution in [0.2, 0.25) is 0 Å². The first-order chi connectivity index (χ1) is 48.7. The lowest BCUT2D eigenvalue weighted by Crippen LogP contribution is -2.30. The number of carbonyl (C=O) groups excluding carboxylic acids is 4. The van der Waals surface area contributed by atoms with E-state index in [1.165, 1.54) is 83.5 Å². The number of aliphatic hydroxyl groups excluding tert-OH is 1. The highest BCUT2D eigenvalue weighted by Gasteiger charge is 2.30. The van der Waals surface area contributed by atoms with Crippen molar-refractivity contribution in [3.63, 3.8) is 0 Å². The summed E-state index contributed by atoms with van der Waals surface area (Å²) in [4.78, 5) is 72.9. The van der Waals surface area contributed by atoms with E-state index in [9.17, 15) is 43.2 Å². The van der Waals surface area contributed by atoms with Crippen LogP contribution in [0.25, 0.3) is 0 Å². The predicted octanol–water partition coefficient (Wildman–Crippen LogP) is 22.8. The van der Waals surface area contributed by atoms with Gasteiger partial charge in [0.15, 0.2) is 12.2 Å². The minimum Gasteiger partial charge on any atom is -0.462 e. The molecule has 5 atom stereocenters. The van der Waals surface area contributed by atoms with Crippen molar-refractivity contribution in [2.45, 2.75) is 354 Å². The number of aliphatic hydroxyl groups is 1. The molecule has 0 rings (SSSR count). The molecule has 0 aromatic carbocycles. The largest absolute Gasteiger partial charge is 0.472 e. The van der Waals surface area contributed by atoms with Gasteiger partial charge in [-0.3, -0.25) is 37.3 Å². The van der Waals surface area contributed by atoms with Crippen LogP contribution < -0.4 is 0 Å². The Morgan fingerprint density at radius 1 is 0.290 bits per heavy atom. The quantitative estimate of drug-likeness (QED) is 0.0169. The molecule has 0 aromatic rings. The second-order valence-corrected chi connectivity index (χ2v) is 29.2. The van der Waals surface area contributed by atoms with Gasteiger partial charge in [-0.25, -0.2) is 9.13 Å². The summed E-state index contributed by atoms with van der Waals surface area (Å²) in [6, 6.07) is 0. The average molecular weight is 1450 g/mol. The normalized spacial score (nSPS) is 14.4. The van der Waals surface area contributed by atoms with Gasteiger partial charge in [0, 0.05) is 25.7 Å². The highest BCUT2D eigenvalue weighted by molar-refractivity contribution is 7.47. The summed E-state index contributed by atoms with van der Waals surface area (Å²) in [5, 5.41) is 10.6. The molecule has 0 aromatic heterocycles. The number of allylic oxidation sites excluding steroid dienone is 16. The molecule has 5 unspecified atom stereocenters. The van der Waals surface area contributed by atoms with Gasteiger partial charge >= 0.3 is 39.5 Å². The summed E-state index contributed by atoms with van der Waals surface area (Å²) in [5.41, 5.74) is 0. The third-order valence-corrected chi connectivity index (χ3v) is 18.4. The summed E-state index contributed by atoms with van der Waals surface area (Å²) in [6.07, 6.45) is 76.8. The number of phosphoric acid groups is 2. The number of esters is 4. The Morgan fingerprint density at radius 3 is 0.840 bits per heavy atom. The number of phosphoric ester groups is 2. The molecule has 0 fully saturated rings. The minimum absolute atomic E-state index is 0.0777. The van der Waals surface area contributed by atoms with Gasteiger partial charge in [0.05, 0.1) is 26.4 Å². The molecule has 3 N–H and O–H groups in total. The summed E-state index contributed by atoms with van der Waals surface area (Å²) >= 11 is 0. The molecular weight excluding hydrogens is 1310 g/mol. The van der Waals surface area contributed by atoms with Crippen molar-refractivity contribution in [1.29, 1.82) is 0 Å². The molecule has 0 aliphatic heterocycles. The van der Waals surface area contributed by atoms with E-state index in [0.717, 1.165) is 173 Å². The van der Waals surface area contributed by atoms with Crippen LogP contribution in [0.5, 0.6) is 0 Å². The van der Waals surface area contributed by atoms with Crippen molar-refractivity contribution in [1.82, 2.24) is 0 Å². The van der Waals surface area contributed by atoms with Gasteiger partial charge in [0.2, 0.25) is 0 Å². The predicted molar refractivity (Wildman–Crippen MR) is 409 cm³/mol. The second-order valence-electron chi connectivity index (χ2n) is 26.2. The first-order valence-corrected chi connectivity index (χ1v) is 42.5. The summed E-state index contributed by atoms with van der Waals surface area (Å²) in [5.74, 6) is -2.20. The third-order valence-electron chi connectivity index (χ3n) is 16.5. The topological polar surface area (TPSA) is 237 Å². The summed E-state index contributed by atoms with van der Waals surface area (Å²) in [6.45, 7) is 4.61. The molecule has 0 saturated heterocycles. The maximum Gasteiger partial charge on any atom is 0.472 e. The Hall–Kier alpha value is -4.02. The Balaban J connectivity index is 5.34. The highest BCUT2D eigenvalue weighted by atomic mass is 31.2. The summed E-state index contributed by atoms with van der Waals surface area (Å²) in [7, 11) is -9.96. The summed E-state index contributed by atoms with van der Waals surface area (Å²) < 4.78 is 68.5. The molecule has 578 valence electrons. The van der Waals surface area contributed by atoms with Crippen LogP contribution >= 0.6 is 15.6 Å². The maximum atomic E-state index is 13.1. The van der Waals surface area contributed by atoms with Gasteiger partial charge < -0.3 is 33.8 Å². The van der Waals surface area contributed by atoms with Crippen molar-refractivity contribution in [2.75, 3.05) is 39.6 Å². The smallest absolute Gasteiger partial charge is 0.462 e. The first-order valence-electron chi connectivity index (χ1n) is 39.5. The van der Waals surface area contributed by atoms with E-state index in [1.54, 1.807) is 0 Å². The average Bonchev–Trinajstić information content (AvgIpc) is 1.00. The van der Waals surface area contributed by atoms with Gasteiger partial charge in [-0.2, -0.15) is 0 Å². The lowest BCUT2D eigenvalue weighted by atomic mass is 10.0. The lowest BCUT2D eigenvalue weighted by Gasteiger charge is -2.21. The molecule has 100 heavy (non-hydrogen) atoms. The molecule has 0 radical (unpaired) electrons. The Kier molecular flexibility index (Phi) is 70.4. The van der Waals surface area contributed by atoms with E-state index in [1.807, 2.05) is 0 Å². The standard InChI is InChI=1S/C81H142O17P2/c1-5-9-13-17-21-25-29-32-35-37-40-43-47-50-54-58-62-66-79(84)92-72-77(98-81(86)68-64-60-56-52-48-44-41-38-36-33-30-26-22-18-14-10-6-2)74-96-100(89,90)94-70-75(82)69-93-99(87,88)95-73-76(97-80(85)67-63-59-55-51-45-28-24-20-16-12-8-4)71-91-78(83)65-61-57-53-49-46-42-39-34-31-27-23-19-15-11-7-3/h9-10,13-14,20-22,24-26,32-33,35-36,40,43,75-77,82H,5-8,11-12,15-19,23,27-31,34,37-39,41-42,44-74H2,1-4H3,(H,87,88)(H,89,90)/b13-9-,14-10-,24-20-,25-21-,26-22-,35-32-,36-33-,43-40-. The van der Waals surface area contributed by atoms with E-state index < -0.39 is 97.5 Å². The highest BCUT2D eigenvalue weighted by Crippen LogP contribution is 2.45. The molecule has 19 heteroatoms. The maximum absolute atomic E-state index is 13.1. The lowest BCUT2D eigenvalue weighted by molar-refractivity contribution is -0.161.